The third kappa shape index (κ3) is 4.72. The van der Waals surface area contributed by atoms with Gasteiger partial charge in [0, 0.05) is 20.3 Å². The van der Waals surface area contributed by atoms with Gasteiger partial charge in [0.15, 0.2) is 6.61 Å². The van der Waals surface area contributed by atoms with Gasteiger partial charge >= 0.3 is 5.97 Å². The number of hydrogen-bond acceptors (Lipinski definition) is 6. The lowest BCUT2D eigenvalue weighted by atomic mass is 10.4. The number of nitrogen functional groups attached to an aromatic ring is 1. The van der Waals surface area contributed by atoms with Crippen molar-refractivity contribution in [1.82, 2.24) is 5.32 Å². The summed E-state index contributed by atoms with van der Waals surface area (Å²) in [6.45, 7) is 0.764. The Morgan fingerprint density at radius 3 is 2.89 bits per heavy atom. The normalized spacial score (nSPS) is 10.1. The molecule has 0 bridgehead atoms. The van der Waals surface area contributed by atoms with Crippen LogP contribution in [0.5, 0.6) is 0 Å². The smallest absolute Gasteiger partial charge is 0.350 e. The fourth-order valence-corrected chi connectivity index (χ4v) is 1.89. The van der Waals surface area contributed by atoms with Crippen molar-refractivity contribution in [3.63, 3.8) is 0 Å². The number of carbonyl (C=O) groups excluding carboxylic acids is 2. The van der Waals surface area contributed by atoms with Gasteiger partial charge in [-0.3, -0.25) is 4.79 Å². The van der Waals surface area contributed by atoms with Crippen LogP contribution in [0.15, 0.2) is 11.4 Å². The van der Waals surface area contributed by atoms with Crippen LogP contribution >= 0.6 is 11.3 Å². The molecule has 0 saturated carbocycles. The molecule has 0 aromatic carbocycles. The molecule has 1 rings (SSSR count). The van der Waals surface area contributed by atoms with E-state index in [1.807, 2.05) is 0 Å². The molecule has 0 atom stereocenters. The Bertz CT molecular complexity index is 406. The summed E-state index contributed by atoms with van der Waals surface area (Å²) < 4.78 is 9.67. The minimum atomic E-state index is -0.574. The first-order valence-electron chi connectivity index (χ1n) is 5.41. The zero-order valence-electron chi connectivity index (χ0n) is 10.1. The van der Waals surface area contributed by atoms with Crippen molar-refractivity contribution in [3.8, 4) is 0 Å². The van der Waals surface area contributed by atoms with Gasteiger partial charge in [-0.15, -0.1) is 11.3 Å². The standard InChI is InChI=1S/C11H16N2O4S/c1-16-5-2-4-13-9(14)7-17-11(15)10-8(12)3-6-18-10/h3,6H,2,4-5,7,12H2,1H3,(H,13,14). The van der Waals surface area contributed by atoms with Crippen molar-refractivity contribution in [3.05, 3.63) is 16.3 Å². The van der Waals surface area contributed by atoms with Crippen LogP contribution in [0.25, 0.3) is 0 Å². The molecular formula is C11H16N2O4S. The number of methoxy groups -OCH3 is 1. The fraction of sp³-hybridized carbons (Fsp3) is 0.455. The Hall–Kier alpha value is -1.60. The predicted octanol–water partition coefficient (Wildman–Crippen LogP) is 0.640. The van der Waals surface area contributed by atoms with Crippen molar-refractivity contribution in [2.75, 3.05) is 32.6 Å². The maximum atomic E-state index is 11.5. The first-order valence-corrected chi connectivity index (χ1v) is 6.29. The molecule has 1 aromatic heterocycles. The number of anilines is 1. The van der Waals surface area contributed by atoms with E-state index in [-0.39, 0.29) is 12.5 Å². The largest absolute Gasteiger partial charge is 0.451 e. The number of rotatable bonds is 7. The highest BCUT2D eigenvalue weighted by atomic mass is 32.1. The van der Waals surface area contributed by atoms with Crippen molar-refractivity contribution < 1.29 is 19.1 Å². The van der Waals surface area contributed by atoms with Gasteiger partial charge in [-0.05, 0) is 17.9 Å². The molecule has 0 saturated heterocycles. The summed E-state index contributed by atoms with van der Waals surface area (Å²) in [5.41, 5.74) is 5.92. The first-order chi connectivity index (χ1) is 8.65. The highest BCUT2D eigenvalue weighted by Gasteiger charge is 2.14. The Balaban J connectivity index is 2.22. The summed E-state index contributed by atoms with van der Waals surface area (Å²) in [5.74, 6) is -0.913. The summed E-state index contributed by atoms with van der Waals surface area (Å²) in [7, 11) is 1.59. The minimum Gasteiger partial charge on any atom is -0.451 e. The Morgan fingerprint density at radius 1 is 1.50 bits per heavy atom. The fourth-order valence-electron chi connectivity index (χ4n) is 1.18. The van der Waals surface area contributed by atoms with Crippen LogP contribution in [0, 0.1) is 0 Å². The lowest BCUT2D eigenvalue weighted by molar-refractivity contribution is -0.124. The predicted molar refractivity (Wildman–Crippen MR) is 68.5 cm³/mol. The monoisotopic (exact) mass is 272 g/mol. The van der Waals surface area contributed by atoms with E-state index in [2.05, 4.69) is 5.32 Å². The maximum Gasteiger partial charge on any atom is 0.350 e. The van der Waals surface area contributed by atoms with Gasteiger partial charge in [0.2, 0.25) is 0 Å². The van der Waals surface area contributed by atoms with Gasteiger partial charge in [0.1, 0.15) is 4.88 Å². The second kappa shape index (κ2) is 7.67. The number of nitrogens with one attached hydrogen (secondary N) is 1. The summed E-state index contributed by atoms with van der Waals surface area (Å²) in [4.78, 5) is 23.1. The van der Waals surface area contributed by atoms with Crippen molar-refractivity contribution in [2.24, 2.45) is 0 Å². The van der Waals surface area contributed by atoms with Crippen LogP contribution < -0.4 is 11.1 Å². The highest BCUT2D eigenvalue weighted by molar-refractivity contribution is 7.12. The van der Waals surface area contributed by atoms with E-state index in [0.717, 1.165) is 0 Å². The van der Waals surface area contributed by atoms with Crippen molar-refractivity contribution in [1.29, 1.82) is 0 Å². The molecule has 1 amide bonds. The topological polar surface area (TPSA) is 90.6 Å². The van der Waals surface area contributed by atoms with Gasteiger partial charge in [0.05, 0.1) is 5.69 Å². The summed E-state index contributed by atoms with van der Waals surface area (Å²) in [6, 6.07) is 1.62. The summed E-state index contributed by atoms with van der Waals surface area (Å²) in [5, 5.41) is 4.30. The van der Waals surface area contributed by atoms with E-state index < -0.39 is 5.97 Å². The summed E-state index contributed by atoms with van der Waals surface area (Å²) in [6.07, 6.45) is 0.716. The van der Waals surface area contributed by atoms with E-state index in [9.17, 15) is 9.59 Å². The molecule has 0 aliphatic rings. The van der Waals surface area contributed by atoms with E-state index in [1.54, 1.807) is 18.6 Å². The van der Waals surface area contributed by atoms with Gasteiger partial charge in [-0.1, -0.05) is 0 Å². The molecule has 6 nitrogen and oxygen atoms in total. The van der Waals surface area contributed by atoms with Crippen LogP contribution in [-0.4, -0.2) is 38.7 Å². The van der Waals surface area contributed by atoms with Crippen LogP contribution in [0.3, 0.4) is 0 Å². The van der Waals surface area contributed by atoms with E-state index in [1.165, 1.54) is 11.3 Å². The Morgan fingerprint density at radius 2 is 2.28 bits per heavy atom. The zero-order valence-corrected chi connectivity index (χ0v) is 10.9. The number of amides is 1. The molecule has 0 aliphatic heterocycles. The highest BCUT2D eigenvalue weighted by Crippen LogP contribution is 2.19. The van der Waals surface area contributed by atoms with Gasteiger partial charge < -0.3 is 20.5 Å². The molecule has 0 radical (unpaired) electrons. The third-order valence-corrected chi connectivity index (χ3v) is 2.97. The number of hydrogen-bond donors (Lipinski definition) is 2. The molecule has 1 aromatic rings. The van der Waals surface area contributed by atoms with E-state index >= 15 is 0 Å². The lowest BCUT2D eigenvalue weighted by Crippen LogP contribution is -2.30. The quantitative estimate of drug-likeness (QED) is 0.561. The molecule has 1 heterocycles. The van der Waals surface area contributed by atoms with Gasteiger partial charge in [-0.2, -0.15) is 0 Å². The van der Waals surface area contributed by atoms with Gasteiger partial charge in [0.25, 0.3) is 5.91 Å². The molecule has 0 spiro atoms. The Labute approximate surface area is 109 Å². The average molecular weight is 272 g/mol. The molecular weight excluding hydrogens is 256 g/mol. The number of nitrogens with two attached hydrogens (primary N) is 1. The van der Waals surface area contributed by atoms with E-state index in [4.69, 9.17) is 15.2 Å². The van der Waals surface area contributed by atoms with E-state index in [0.29, 0.717) is 30.1 Å². The molecule has 0 unspecified atom stereocenters. The number of ether oxygens (including phenoxy) is 2. The van der Waals surface area contributed by atoms with Crippen molar-refractivity contribution in [2.45, 2.75) is 6.42 Å². The lowest BCUT2D eigenvalue weighted by Gasteiger charge is -2.05. The SMILES string of the molecule is COCCCNC(=O)COC(=O)c1sccc1N. The summed E-state index contributed by atoms with van der Waals surface area (Å²) >= 11 is 1.19. The van der Waals surface area contributed by atoms with Crippen LogP contribution in [0.2, 0.25) is 0 Å². The first kappa shape index (κ1) is 14.5. The Kier molecular flexibility index (Phi) is 6.16. The number of esters is 1. The number of carbonyl (C=O) groups is 2. The minimum absolute atomic E-state index is 0.302. The van der Waals surface area contributed by atoms with Crippen molar-refractivity contribution >= 4 is 28.9 Å². The second-order valence-corrected chi connectivity index (χ2v) is 4.39. The molecule has 0 aliphatic carbocycles. The van der Waals surface area contributed by atoms with Gasteiger partial charge in [-0.25, -0.2) is 4.79 Å². The average Bonchev–Trinajstić information content (AvgIpc) is 2.78. The number of thiophene rings is 1. The molecule has 100 valence electrons. The molecule has 7 heteroatoms. The maximum absolute atomic E-state index is 11.5. The van der Waals surface area contributed by atoms with Crippen LogP contribution in [0.1, 0.15) is 16.1 Å². The third-order valence-electron chi connectivity index (χ3n) is 2.06. The second-order valence-electron chi connectivity index (χ2n) is 3.48. The molecule has 3 N–H and O–H groups in total. The molecule has 18 heavy (non-hydrogen) atoms. The van der Waals surface area contributed by atoms with Crippen LogP contribution in [0.4, 0.5) is 5.69 Å². The van der Waals surface area contributed by atoms with Crippen LogP contribution in [-0.2, 0) is 14.3 Å². The zero-order chi connectivity index (χ0) is 13.4. The molecule has 0 fully saturated rings.